The van der Waals surface area contributed by atoms with Crippen LogP contribution >= 0.6 is 0 Å². The lowest BCUT2D eigenvalue weighted by molar-refractivity contribution is 0.0981. The highest BCUT2D eigenvalue weighted by Crippen LogP contribution is 2.38. The molecule has 214 valence electrons. The Morgan fingerprint density at radius 3 is 2.42 bits per heavy atom. The van der Waals surface area contributed by atoms with Crippen molar-refractivity contribution < 1.29 is 4.74 Å². The maximum Gasteiger partial charge on any atom is 0.151 e. The Labute approximate surface area is 238 Å². The molecule has 0 atom stereocenters. The van der Waals surface area contributed by atoms with Gasteiger partial charge in [0.1, 0.15) is 22.6 Å². The third-order valence-corrected chi connectivity index (χ3v) is 9.18. The Kier molecular flexibility index (Phi) is 7.94. The van der Waals surface area contributed by atoms with Crippen molar-refractivity contribution in [2.24, 2.45) is 0 Å². The van der Waals surface area contributed by atoms with E-state index in [0.29, 0.717) is 23.4 Å². The van der Waals surface area contributed by atoms with Gasteiger partial charge in [0.25, 0.3) is 0 Å². The number of anilines is 3. The van der Waals surface area contributed by atoms with Crippen LogP contribution in [-0.2, 0) is 6.42 Å². The minimum atomic E-state index is 0.417. The molecule has 0 amide bonds. The molecule has 0 bridgehead atoms. The van der Waals surface area contributed by atoms with Crippen molar-refractivity contribution in [2.45, 2.75) is 64.0 Å². The second-order valence-electron chi connectivity index (χ2n) is 11.7. The Bertz CT molecular complexity index is 1320. The second-order valence-corrected chi connectivity index (χ2v) is 11.7. The van der Waals surface area contributed by atoms with E-state index in [1.807, 2.05) is 6.20 Å². The smallest absolute Gasteiger partial charge is 0.151 e. The minimum Gasteiger partial charge on any atom is -0.495 e. The molecule has 1 aliphatic carbocycles. The van der Waals surface area contributed by atoms with Gasteiger partial charge in [0.2, 0.25) is 0 Å². The number of piperazine rings is 1. The van der Waals surface area contributed by atoms with Crippen molar-refractivity contribution in [3.8, 4) is 16.9 Å². The monoisotopic (exact) mass is 544 g/mol. The first kappa shape index (κ1) is 27.0. The molecule has 3 fully saturated rings. The highest BCUT2D eigenvalue weighted by atomic mass is 16.5. The summed E-state index contributed by atoms with van der Waals surface area (Å²) in [5.74, 6) is 2.17. The Balaban J connectivity index is 1.27. The predicted octanol–water partition coefficient (Wildman–Crippen LogP) is 4.42. The van der Waals surface area contributed by atoms with Gasteiger partial charge in [-0.2, -0.15) is 0 Å². The molecule has 3 aliphatic rings. The van der Waals surface area contributed by atoms with Crippen LogP contribution in [0.1, 0.15) is 51.1 Å². The summed E-state index contributed by atoms with van der Waals surface area (Å²) < 4.78 is 5.95. The lowest BCUT2D eigenvalue weighted by atomic mass is 10.00. The first-order chi connectivity index (χ1) is 19.5. The number of ether oxygens (including phenoxy) is 1. The van der Waals surface area contributed by atoms with Gasteiger partial charge >= 0.3 is 0 Å². The number of fused-ring (bicyclic) bond motifs is 1. The molecule has 2 aromatic heterocycles. The molecule has 0 unspecified atom stereocenters. The topological polar surface area (TPSA) is 95.7 Å². The van der Waals surface area contributed by atoms with Crippen molar-refractivity contribution in [1.29, 1.82) is 0 Å². The highest BCUT2D eigenvalue weighted by molar-refractivity contribution is 5.97. The predicted molar refractivity (Wildman–Crippen MR) is 163 cm³/mol. The van der Waals surface area contributed by atoms with E-state index in [4.69, 9.17) is 20.4 Å². The third kappa shape index (κ3) is 5.41. The molecule has 1 saturated carbocycles. The number of benzene rings is 1. The summed E-state index contributed by atoms with van der Waals surface area (Å²) in [5.41, 5.74) is 11.8. The largest absolute Gasteiger partial charge is 0.495 e. The van der Waals surface area contributed by atoms with Crippen LogP contribution in [0.3, 0.4) is 0 Å². The Morgan fingerprint density at radius 2 is 1.73 bits per heavy atom. The third-order valence-electron chi connectivity index (χ3n) is 9.18. The van der Waals surface area contributed by atoms with Gasteiger partial charge in [0, 0.05) is 63.1 Å². The van der Waals surface area contributed by atoms with Gasteiger partial charge in [0.15, 0.2) is 5.82 Å². The molecular formula is C31H44N8O. The van der Waals surface area contributed by atoms with Crippen molar-refractivity contribution in [2.75, 3.05) is 69.4 Å². The molecule has 3 N–H and O–H groups in total. The average molecular weight is 545 g/mol. The van der Waals surface area contributed by atoms with Crippen LogP contribution < -0.4 is 20.7 Å². The van der Waals surface area contributed by atoms with Crippen molar-refractivity contribution in [3.63, 3.8) is 0 Å². The van der Waals surface area contributed by atoms with Crippen LogP contribution in [0.4, 0.5) is 17.3 Å². The molecule has 2 aliphatic heterocycles. The second kappa shape index (κ2) is 11.7. The summed E-state index contributed by atoms with van der Waals surface area (Å²) in [5, 5.41) is 3.68. The molecule has 0 radical (unpaired) electrons. The van der Waals surface area contributed by atoms with Gasteiger partial charge in [-0.1, -0.05) is 25.8 Å². The number of likely N-dealkylation sites (N-methyl/N-ethyl adjacent to an activating group) is 1. The van der Waals surface area contributed by atoms with Crippen LogP contribution in [-0.4, -0.2) is 90.3 Å². The van der Waals surface area contributed by atoms with Crippen LogP contribution in [0.5, 0.6) is 5.75 Å². The summed E-state index contributed by atoms with van der Waals surface area (Å²) in [6.07, 6.45) is 9.88. The number of aryl methyl sites for hydroxylation is 1. The number of nitrogens with one attached hydrogen (secondary N) is 1. The number of pyridine rings is 1. The zero-order valence-corrected chi connectivity index (χ0v) is 24.3. The number of piperidine rings is 1. The van der Waals surface area contributed by atoms with Crippen LogP contribution in [0.2, 0.25) is 0 Å². The number of methoxy groups -OCH3 is 1. The number of nitrogens with two attached hydrogens (primary N) is 1. The molecule has 3 aromatic rings. The van der Waals surface area contributed by atoms with Crippen molar-refractivity contribution >= 4 is 28.4 Å². The molecule has 1 aromatic carbocycles. The van der Waals surface area contributed by atoms with Gasteiger partial charge in [-0.3, -0.25) is 4.90 Å². The fourth-order valence-electron chi connectivity index (χ4n) is 6.70. The van der Waals surface area contributed by atoms with E-state index in [1.54, 1.807) is 7.11 Å². The van der Waals surface area contributed by atoms with Crippen molar-refractivity contribution in [3.05, 3.63) is 30.1 Å². The van der Waals surface area contributed by atoms with E-state index >= 15 is 0 Å². The van der Waals surface area contributed by atoms with Crippen LogP contribution in [0.15, 0.2) is 24.4 Å². The summed E-state index contributed by atoms with van der Waals surface area (Å²) in [4.78, 5) is 22.2. The van der Waals surface area contributed by atoms with Crippen molar-refractivity contribution in [1.82, 2.24) is 24.8 Å². The Hall–Kier alpha value is -3.17. The molecule has 9 heteroatoms. The van der Waals surface area contributed by atoms with Gasteiger partial charge in [0.05, 0.1) is 18.5 Å². The lowest BCUT2D eigenvalue weighted by Gasteiger charge is -2.42. The first-order valence-corrected chi connectivity index (χ1v) is 15.1. The maximum atomic E-state index is 6.32. The molecule has 9 nitrogen and oxygen atoms in total. The number of rotatable bonds is 7. The summed E-state index contributed by atoms with van der Waals surface area (Å²) in [6, 6.07) is 7.61. The molecule has 6 rings (SSSR count). The average Bonchev–Trinajstić information content (AvgIpc) is 3.50. The normalized spacial score (nSPS) is 19.9. The standard InChI is InChI=1S/C31H44N8O/c1-4-25-31(34-22-7-5-6-8-22)36-28-24(20-33-30(32)29(28)35-25)21-9-10-26(27(19-21)40-3)39-13-11-23(12-14-39)38-17-15-37(2)16-18-38/h9-10,19-20,22-23H,4-8,11-18H2,1-3H3,(H2,32,33)(H,34,36). The highest BCUT2D eigenvalue weighted by Gasteiger charge is 2.28. The SMILES string of the molecule is CCc1nc2c(N)ncc(-c3ccc(N4CCC(N5CCN(C)CC5)CC4)c(OC)c3)c2nc1NC1CCCC1. The fraction of sp³-hybridized carbons (Fsp3) is 0.581. The van der Waals surface area contributed by atoms with E-state index in [1.165, 1.54) is 64.7 Å². The van der Waals surface area contributed by atoms with E-state index in [0.717, 1.165) is 59.1 Å². The van der Waals surface area contributed by atoms with E-state index in [-0.39, 0.29) is 0 Å². The van der Waals surface area contributed by atoms with E-state index in [2.05, 4.69) is 57.2 Å². The molecule has 4 heterocycles. The zero-order valence-electron chi connectivity index (χ0n) is 24.3. The lowest BCUT2D eigenvalue weighted by Crippen LogP contribution is -2.52. The Morgan fingerprint density at radius 1 is 0.975 bits per heavy atom. The van der Waals surface area contributed by atoms with E-state index in [9.17, 15) is 0 Å². The summed E-state index contributed by atoms with van der Waals surface area (Å²) >= 11 is 0. The number of aromatic nitrogens is 3. The van der Waals surface area contributed by atoms with Crippen LogP contribution in [0.25, 0.3) is 22.2 Å². The van der Waals surface area contributed by atoms with E-state index < -0.39 is 0 Å². The molecule has 40 heavy (non-hydrogen) atoms. The zero-order chi connectivity index (χ0) is 27.6. The summed E-state index contributed by atoms with van der Waals surface area (Å²) in [7, 11) is 3.98. The maximum absolute atomic E-state index is 6.32. The van der Waals surface area contributed by atoms with Crippen LogP contribution in [0, 0.1) is 0 Å². The van der Waals surface area contributed by atoms with Gasteiger partial charge < -0.3 is 25.6 Å². The number of hydrogen-bond donors (Lipinski definition) is 2. The number of nitrogen functional groups attached to an aromatic ring is 1. The van der Waals surface area contributed by atoms with Gasteiger partial charge in [-0.25, -0.2) is 15.0 Å². The summed E-state index contributed by atoms with van der Waals surface area (Å²) in [6.45, 7) is 8.91. The van der Waals surface area contributed by atoms with Gasteiger partial charge in [-0.05, 0) is 56.8 Å². The fourth-order valence-corrected chi connectivity index (χ4v) is 6.70. The quantitative estimate of drug-likeness (QED) is 0.448. The minimum absolute atomic E-state index is 0.417. The number of hydrogen-bond acceptors (Lipinski definition) is 9. The number of nitrogens with zero attached hydrogens (tertiary/aromatic N) is 6. The molecular weight excluding hydrogens is 500 g/mol. The molecule has 2 saturated heterocycles. The van der Waals surface area contributed by atoms with Gasteiger partial charge in [-0.15, -0.1) is 0 Å². The first-order valence-electron chi connectivity index (χ1n) is 15.1. The molecule has 0 spiro atoms.